The van der Waals surface area contributed by atoms with Crippen molar-refractivity contribution in [2.24, 2.45) is 5.41 Å². The Bertz CT molecular complexity index is 2140. The van der Waals surface area contributed by atoms with Crippen LogP contribution in [0.25, 0.3) is 11.1 Å². The number of ether oxygens (including phenoxy) is 1. The Morgan fingerprint density at radius 3 is 2.24 bits per heavy atom. The largest absolute Gasteiger partial charge is 0.393 e. The molecule has 6 nitrogen and oxygen atoms in total. The van der Waals surface area contributed by atoms with E-state index in [1.54, 1.807) is 0 Å². The van der Waals surface area contributed by atoms with E-state index < -0.39 is 23.2 Å². The number of rotatable bonds is 13. The van der Waals surface area contributed by atoms with Crippen LogP contribution in [0.4, 0.5) is 0 Å². The van der Waals surface area contributed by atoms with Crippen LogP contribution in [-0.4, -0.2) is 63.5 Å². The summed E-state index contributed by atoms with van der Waals surface area (Å²) in [7, 11) is 0. The van der Waals surface area contributed by atoms with E-state index >= 15 is 4.79 Å². The van der Waals surface area contributed by atoms with E-state index in [9.17, 15) is 15.3 Å². The summed E-state index contributed by atoms with van der Waals surface area (Å²) >= 11 is 0. The van der Waals surface area contributed by atoms with Gasteiger partial charge in [-0.05, 0) is 97.2 Å². The summed E-state index contributed by atoms with van der Waals surface area (Å²) in [6.45, 7) is 6.22. The van der Waals surface area contributed by atoms with Crippen LogP contribution in [0.3, 0.4) is 0 Å². The molecule has 302 valence electrons. The van der Waals surface area contributed by atoms with E-state index in [2.05, 4.69) is 49.1 Å². The van der Waals surface area contributed by atoms with E-state index in [1.807, 2.05) is 109 Å². The minimum Gasteiger partial charge on any atom is -0.393 e. The second-order valence-corrected chi connectivity index (χ2v) is 17.0. The molecule has 3 aliphatic carbocycles. The van der Waals surface area contributed by atoms with Gasteiger partial charge in [-0.2, -0.15) is 0 Å². The molecule has 1 fully saturated rings. The van der Waals surface area contributed by atoms with Crippen LogP contribution in [0.1, 0.15) is 96.5 Å². The molecule has 58 heavy (non-hydrogen) atoms. The molecule has 8 rings (SSSR count). The number of hydrogen-bond donors (Lipinski definition) is 3. The fourth-order valence-electron chi connectivity index (χ4n) is 9.53. The van der Waals surface area contributed by atoms with Crippen LogP contribution < -0.4 is 0 Å². The topological polar surface area (TPSA) is 90.2 Å². The summed E-state index contributed by atoms with van der Waals surface area (Å²) in [5.74, 6) is -0.163. The molecule has 2 bridgehead atoms. The summed E-state index contributed by atoms with van der Waals surface area (Å²) in [5.41, 5.74) is 6.68. The fourth-order valence-corrected chi connectivity index (χ4v) is 9.53. The van der Waals surface area contributed by atoms with Crippen molar-refractivity contribution in [3.05, 3.63) is 178 Å². The van der Waals surface area contributed by atoms with Gasteiger partial charge in [0.2, 0.25) is 0 Å². The van der Waals surface area contributed by atoms with Crippen molar-refractivity contribution in [2.75, 3.05) is 19.7 Å². The molecule has 3 aliphatic rings. The van der Waals surface area contributed by atoms with Gasteiger partial charge in [0.25, 0.3) is 0 Å². The fraction of sp³-hybridized carbons (Fsp3) is 0.365. The van der Waals surface area contributed by atoms with Gasteiger partial charge in [-0.15, -0.1) is 0 Å². The molecule has 3 N–H and O–H groups in total. The molecule has 5 aromatic rings. The van der Waals surface area contributed by atoms with Crippen LogP contribution in [-0.2, 0) is 24.3 Å². The lowest BCUT2D eigenvalue weighted by Gasteiger charge is -2.46. The molecule has 0 heterocycles. The first-order valence-corrected chi connectivity index (χ1v) is 21.1. The Kier molecular flexibility index (Phi) is 13.5. The molecular formula is C52H59NO5. The highest BCUT2D eigenvalue weighted by molar-refractivity contribution is 6.13. The van der Waals surface area contributed by atoms with Gasteiger partial charge in [-0.3, -0.25) is 9.69 Å². The molecule has 0 amide bonds. The second-order valence-electron chi connectivity index (χ2n) is 17.0. The number of nitrogens with zero attached hydrogens (tertiary/aromatic N) is 1. The maximum absolute atomic E-state index is 15.1. The van der Waals surface area contributed by atoms with E-state index in [0.717, 1.165) is 46.2 Å². The third kappa shape index (κ3) is 9.77. The molecule has 0 radical (unpaired) electrons. The van der Waals surface area contributed by atoms with Crippen molar-refractivity contribution in [2.45, 2.75) is 95.7 Å². The summed E-state index contributed by atoms with van der Waals surface area (Å²) in [6.07, 6.45) is 5.63. The highest BCUT2D eigenvalue weighted by atomic mass is 16.5. The lowest BCUT2D eigenvalue weighted by molar-refractivity contribution is -0.0923. The Morgan fingerprint density at radius 2 is 1.50 bits per heavy atom. The van der Waals surface area contributed by atoms with Crippen LogP contribution in [0.15, 0.2) is 145 Å². The van der Waals surface area contributed by atoms with Gasteiger partial charge in [0, 0.05) is 36.2 Å². The van der Waals surface area contributed by atoms with Crippen molar-refractivity contribution >= 4 is 5.78 Å². The van der Waals surface area contributed by atoms with Crippen LogP contribution in [0.5, 0.6) is 0 Å². The first-order valence-electron chi connectivity index (χ1n) is 21.1. The average molecular weight is 778 g/mol. The monoisotopic (exact) mass is 777 g/mol. The van der Waals surface area contributed by atoms with E-state index in [-0.39, 0.29) is 18.3 Å². The molecule has 0 aromatic heterocycles. The predicted molar refractivity (Wildman–Crippen MR) is 233 cm³/mol. The van der Waals surface area contributed by atoms with Gasteiger partial charge < -0.3 is 20.1 Å². The molecule has 5 atom stereocenters. The van der Waals surface area contributed by atoms with Crippen LogP contribution in [0, 0.1) is 5.41 Å². The molecule has 0 aliphatic heterocycles. The molecule has 0 spiro atoms. The minimum atomic E-state index is -1.13. The van der Waals surface area contributed by atoms with Crippen molar-refractivity contribution < 1.29 is 24.9 Å². The number of fused-ring (bicyclic) bond motifs is 8. The van der Waals surface area contributed by atoms with Crippen molar-refractivity contribution in [3.8, 4) is 11.1 Å². The smallest absolute Gasteiger partial charge is 0.193 e. The number of allylic oxidation sites excluding steroid dienone is 2. The number of aliphatic hydroxyl groups is 3. The number of carbonyl (C=O) groups is 1. The summed E-state index contributed by atoms with van der Waals surface area (Å²) in [4.78, 5) is 17.3. The third-order valence-electron chi connectivity index (χ3n) is 12.8. The molecular weight excluding hydrogens is 719 g/mol. The van der Waals surface area contributed by atoms with Gasteiger partial charge >= 0.3 is 0 Å². The highest BCUT2D eigenvalue weighted by Gasteiger charge is 2.57. The Hall–Kier alpha value is -4.69. The van der Waals surface area contributed by atoms with Gasteiger partial charge in [-0.25, -0.2) is 0 Å². The molecule has 0 unspecified atom stereocenters. The lowest BCUT2D eigenvalue weighted by atomic mass is 9.64. The third-order valence-corrected chi connectivity index (χ3v) is 12.8. The van der Waals surface area contributed by atoms with Crippen molar-refractivity contribution in [3.63, 3.8) is 0 Å². The number of ketones is 1. The lowest BCUT2D eigenvalue weighted by Crippen LogP contribution is -2.53. The minimum absolute atomic E-state index is 0.0456. The maximum atomic E-state index is 15.1. The summed E-state index contributed by atoms with van der Waals surface area (Å²) in [6, 6.07) is 44.3. The van der Waals surface area contributed by atoms with Gasteiger partial charge in [0.05, 0.1) is 31.0 Å². The molecule has 6 heteroatoms. The summed E-state index contributed by atoms with van der Waals surface area (Å²) in [5, 5.41) is 35.8. The highest BCUT2D eigenvalue weighted by Crippen LogP contribution is 2.59. The number of carbonyl (C=O) groups excluding carboxylic acids is 1. The SMILES string of the molecule is CC1=CCC[C@@]2(C)[C@@H](CC[C@@]2(O)CN(Cc2ccccc2)C[C@@H](O)COCc2ccccc2)c2ccc(cc2C(=O)c2ccccc2-c2ccccc2)C[C@@H](O)CC1. The van der Waals surface area contributed by atoms with Gasteiger partial charge in [-0.1, -0.05) is 146 Å². The normalized spacial score (nSPS) is 22.9. The zero-order chi connectivity index (χ0) is 40.5. The van der Waals surface area contributed by atoms with E-state index in [1.165, 1.54) is 5.57 Å². The molecule has 1 saturated carbocycles. The quantitative estimate of drug-likeness (QED) is 0.0816. The summed E-state index contributed by atoms with van der Waals surface area (Å²) < 4.78 is 5.98. The predicted octanol–water partition coefficient (Wildman–Crippen LogP) is 9.70. The first kappa shape index (κ1) is 41.5. The van der Waals surface area contributed by atoms with Crippen LogP contribution >= 0.6 is 0 Å². The number of aliphatic hydroxyl groups excluding tert-OH is 2. The standard InChI is InChI=1S/C52H59NO5/c1-38-15-14-29-51(2)49(28-30-52(51,57)37-53(33-39-16-6-3-7-17-39)34-44(55)36-58-35-40-18-8-4-9-19-40)46-27-25-41(31-43(54)26-24-38)32-48(46)50(56)47-23-13-12-22-45(47)42-20-10-5-11-21-42/h3-13,15-23,25,27,32,43-44,49,54-55,57H,14,24,26,28-31,33-37H2,1-2H3/t43-,44+,49-,51-,52+/m0/s1. The second kappa shape index (κ2) is 18.9. The Labute approximate surface area is 344 Å². The zero-order valence-electron chi connectivity index (χ0n) is 34.1. The van der Waals surface area contributed by atoms with E-state index in [0.29, 0.717) is 69.5 Å². The average Bonchev–Trinajstić information content (AvgIpc) is 3.48. The Balaban J connectivity index is 1.24. The van der Waals surface area contributed by atoms with Crippen LogP contribution in [0.2, 0.25) is 0 Å². The van der Waals surface area contributed by atoms with E-state index in [4.69, 9.17) is 4.74 Å². The first-order chi connectivity index (χ1) is 28.1. The number of hydrogen-bond acceptors (Lipinski definition) is 6. The molecule has 5 aromatic carbocycles. The zero-order valence-corrected chi connectivity index (χ0v) is 34.1. The van der Waals surface area contributed by atoms with Crippen molar-refractivity contribution in [1.82, 2.24) is 4.90 Å². The van der Waals surface area contributed by atoms with Gasteiger partial charge in [0.15, 0.2) is 5.78 Å². The van der Waals surface area contributed by atoms with Gasteiger partial charge in [0.1, 0.15) is 0 Å². The Morgan fingerprint density at radius 1 is 0.828 bits per heavy atom. The van der Waals surface area contributed by atoms with Crippen molar-refractivity contribution in [1.29, 1.82) is 0 Å². The molecule has 0 saturated heterocycles. The maximum Gasteiger partial charge on any atom is 0.193 e. The number of benzene rings is 5.